The van der Waals surface area contributed by atoms with Gasteiger partial charge in [-0.15, -0.1) is 0 Å². The van der Waals surface area contributed by atoms with Crippen LogP contribution in [0.1, 0.15) is 23.6 Å². The molecule has 0 unspecified atom stereocenters. The Balaban J connectivity index is 2.31. The monoisotopic (exact) mass is 270 g/mol. The van der Waals surface area contributed by atoms with Crippen molar-refractivity contribution in [1.29, 1.82) is 0 Å². The molecule has 0 amide bonds. The van der Waals surface area contributed by atoms with Crippen LogP contribution in [0.4, 0.5) is 11.4 Å². The predicted molar refractivity (Wildman–Crippen MR) is 86.2 cm³/mol. The Morgan fingerprint density at radius 3 is 2.42 bits per heavy atom. The van der Waals surface area contributed by atoms with E-state index in [9.17, 15) is 0 Å². The molecule has 0 aliphatic heterocycles. The van der Waals surface area contributed by atoms with E-state index in [1.165, 1.54) is 11.1 Å². The summed E-state index contributed by atoms with van der Waals surface area (Å²) in [4.78, 5) is 0.410. The normalized spacial score (nSPS) is 10.2. The second-order valence-electron chi connectivity index (χ2n) is 4.59. The lowest BCUT2D eigenvalue weighted by atomic mass is 10.1. The smallest absolute Gasteiger partial charge is 0.106 e. The van der Waals surface area contributed by atoms with Crippen molar-refractivity contribution in [2.75, 3.05) is 5.32 Å². The Labute approximate surface area is 119 Å². The molecule has 0 aliphatic carbocycles. The lowest BCUT2D eigenvalue weighted by molar-refractivity contribution is 1.14. The SMILES string of the molecule is CCc1ccc(Nc2cc(C)ccc2C(N)=S)cc1. The molecule has 0 atom stereocenters. The molecule has 0 spiro atoms. The summed E-state index contributed by atoms with van der Waals surface area (Å²) in [5, 5.41) is 3.38. The molecule has 3 N–H and O–H groups in total. The molecule has 2 rings (SSSR count). The van der Waals surface area contributed by atoms with Crippen molar-refractivity contribution >= 4 is 28.6 Å². The van der Waals surface area contributed by atoms with Gasteiger partial charge in [-0.25, -0.2) is 0 Å². The third-order valence-electron chi connectivity index (χ3n) is 3.08. The number of anilines is 2. The summed E-state index contributed by atoms with van der Waals surface area (Å²) < 4.78 is 0. The second kappa shape index (κ2) is 5.85. The van der Waals surface area contributed by atoms with Crippen molar-refractivity contribution in [3.05, 3.63) is 59.2 Å². The van der Waals surface area contributed by atoms with Crippen LogP contribution >= 0.6 is 12.2 Å². The molecule has 0 saturated heterocycles. The first kappa shape index (κ1) is 13.6. The highest BCUT2D eigenvalue weighted by Gasteiger charge is 2.05. The van der Waals surface area contributed by atoms with Gasteiger partial charge in [0.25, 0.3) is 0 Å². The van der Waals surface area contributed by atoms with Gasteiger partial charge in [0.05, 0.1) is 0 Å². The molecule has 0 radical (unpaired) electrons. The van der Waals surface area contributed by atoms with Crippen molar-refractivity contribution < 1.29 is 0 Å². The molecule has 2 aromatic carbocycles. The fourth-order valence-corrected chi connectivity index (χ4v) is 2.13. The largest absolute Gasteiger partial charge is 0.389 e. The Hall–Kier alpha value is -1.87. The zero-order valence-corrected chi connectivity index (χ0v) is 12.1. The first-order valence-electron chi connectivity index (χ1n) is 6.36. The Bertz CT molecular complexity index is 588. The van der Waals surface area contributed by atoms with Crippen LogP contribution in [0.25, 0.3) is 0 Å². The molecule has 98 valence electrons. The standard InChI is InChI=1S/C16H18N2S/c1-3-12-5-7-13(8-6-12)18-15-10-11(2)4-9-14(15)16(17)19/h4-10,18H,3H2,1-2H3,(H2,17,19). The maximum absolute atomic E-state index is 5.76. The van der Waals surface area contributed by atoms with Crippen molar-refractivity contribution in [1.82, 2.24) is 0 Å². The summed E-state index contributed by atoms with van der Waals surface area (Å²) >= 11 is 5.09. The van der Waals surface area contributed by atoms with Crippen LogP contribution in [-0.4, -0.2) is 4.99 Å². The van der Waals surface area contributed by atoms with Gasteiger partial charge >= 0.3 is 0 Å². The van der Waals surface area contributed by atoms with E-state index in [2.05, 4.69) is 49.5 Å². The van der Waals surface area contributed by atoms with Crippen LogP contribution in [-0.2, 0) is 6.42 Å². The van der Waals surface area contributed by atoms with E-state index in [-0.39, 0.29) is 0 Å². The maximum Gasteiger partial charge on any atom is 0.106 e. The van der Waals surface area contributed by atoms with E-state index in [0.29, 0.717) is 4.99 Å². The van der Waals surface area contributed by atoms with E-state index < -0.39 is 0 Å². The van der Waals surface area contributed by atoms with Crippen LogP contribution in [0, 0.1) is 6.92 Å². The van der Waals surface area contributed by atoms with Crippen LogP contribution in [0.5, 0.6) is 0 Å². The average molecular weight is 270 g/mol. The van der Waals surface area contributed by atoms with E-state index in [1.54, 1.807) is 0 Å². The van der Waals surface area contributed by atoms with Crippen LogP contribution in [0.3, 0.4) is 0 Å². The van der Waals surface area contributed by atoms with E-state index >= 15 is 0 Å². The summed E-state index contributed by atoms with van der Waals surface area (Å²) in [5.74, 6) is 0. The minimum absolute atomic E-state index is 0.410. The highest BCUT2D eigenvalue weighted by Crippen LogP contribution is 2.23. The number of hydrogen-bond donors (Lipinski definition) is 2. The average Bonchev–Trinajstić information content (AvgIpc) is 2.39. The summed E-state index contributed by atoms with van der Waals surface area (Å²) in [6.07, 6.45) is 1.04. The molecule has 2 nitrogen and oxygen atoms in total. The zero-order chi connectivity index (χ0) is 13.8. The van der Waals surface area contributed by atoms with Gasteiger partial charge in [-0.1, -0.05) is 37.3 Å². The fourth-order valence-electron chi connectivity index (χ4n) is 1.96. The van der Waals surface area contributed by atoms with Gasteiger partial charge in [-0.3, -0.25) is 0 Å². The van der Waals surface area contributed by atoms with Crippen LogP contribution < -0.4 is 11.1 Å². The summed E-state index contributed by atoms with van der Waals surface area (Å²) in [7, 11) is 0. The number of rotatable bonds is 4. The molecule has 0 aromatic heterocycles. The summed E-state index contributed by atoms with van der Waals surface area (Å²) in [6.45, 7) is 4.20. The van der Waals surface area contributed by atoms with Crippen LogP contribution in [0.2, 0.25) is 0 Å². The molecule has 0 aliphatic rings. The minimum Gasteiger partial charge on any atom is -0.389 e. The van der Waals surface area contributed by atoms with Crippen molar-refractivity contribution in [2.24, 2.45) is 5.73 Å². The number of nitrogens with two attached hydrogens (primary N) is 1. The number of thiocarbonyl (C=S) groups is 1. The van der Waals surface area contributed by atoms with Crippen molar-refractivity contribution in [3.63, 3.8) is 0 Å². The molecule has 0 saturated carbocycles. The lowest BCUT2D eigenvalue weighted by Crippen LogP contribution is -2.12. The minimum atomic E-state index is 0.410. The van der Waals surface area contributed by atoms with Crippen molar-refractivity contribution in [2.45, 2.75) is 20.3 Å². The first-order chi connectivity index (χ1) is 9.10. The molecule has 0 heterocycles. The molecule has 2 aromatic rings. The molecule has 3 heteroatoms. The molecule has 0 bridgehead atoms. The Morgan fingerprint density at radius 1 is 1.16 bits per heavy atom. The quantitative estimate of drug-likeness (QED) is 0.827. The van der Waals surface area contributed by atoms with Gasteiger partial charge < -0.3 is 11.1 Å². The number of aryl methyl sites for hydroxylation is 2. The third kappa shape index (κ3) is 3.32. The molecule has 0 fully saturated rings. The fraction of sp³-hybridized carbons (Fsp3) is 0.188. The summed E-state index contributed by atoms with van der Waals surface area (Å²) in [5.41, 5.74) is 11.1. The first-order valence-corrected chi connectivity index (χ1v) is 6.77. The van der Waals surface area contributed by atoms with Crippen molar-refractivity contribution in [3.8, 4) is 0 Å². The van der Waals surface area contributed by atoms with Gasteiger partial charge in [0.2, 0.25) is 0 Å². The number of hydrogen-bond acceptors (Lipinski definition) is 2. The number of benzene rings is 2. The van der Waals surface area contributed by atoms with Crippen LogP contribution in [0.15, 0.2) is 42.5 Å². The van der Waals surface area contributed by atoms with Gasteiger partial charge in [-0.05, 0) is 48.7 Å². The van der Waals surface area contributed by atoms with Gasteiger partial charge in [0, 0.05) is 16.9 Å². The molecule has 19 heavy (non-hydrogen) atoms. The summed E-state index contributed by atoms with van der Waals surface area (Å²) in [6, 6.07) is 14.4. The maximum atomic E-state index is 5.76. The highest BCUT2D eigenvalue weighted by molar-refractivity contribution is 7.80. The Kier molecular flexibility index (Phi) is 4.17. The lowest BCUT2D eigenvalue weighted by Gasteiger charge is -2.12. The highest BCUT2D eigenvalue weighted by atomic mass is 32.1. The Morgan fingerprint density at radius 2 is 1.84 bits per heavy atom. The molecular formula is C16H18N2S. The predicted octanol–water partition coefficient (Wildman–Crippen LogP) is 3.94. The zero-order valence-electron chi connectivity index (χ0n) is 11.2. The van der Waals surface area contributed by atoms with E-state index in [0.717, 1.165) is 23.4 Å². The van der Waals surface area contributed by atoms with Gasteiger partial charge in [0.15, 0.2) is 0 Å². The van der Waals surface area contributed by atoms with Gasteiger partial charge in [-0.2, -0.15) is 0 Å². The van der Waals surface area contributed by atoms with Gasteiger partial charge in [0.1, 0.15) is 4.99 Å². The van der Waals surface area contributed by atoms with E-state index in [1.807, 2.05) is 12.1 Å². The second-order valence-corrected chi connectivity index (χ2v) is 5.03. The third-order valence-corrected chi connectivity index (χ3v) is 3.30. The number of nitrogens with one attached hydrogen (secondary N) is 1. The molecular weight excluding hydrogens is 252 g/mol. The topological polar surface area (TPSA) is 38.0 Å². The van der Waals surface area contributed by atoms with E-state index in [4.69, 9.17) is 18.0 Å².